The zero-order valence-electron chi connectivity index (χ0n) is 45.8. The molecule has 0 rings (SSSR count). The Bertz CT molecular complexity index is 1720. The molecule has 0 aliphatic rings. The molecule has 0 saturated carbocycles. The van der Waals surface area contributed by atoms with E-state index in [1.54, 1.807) is 0 Å². The van der Waals surface area contributed by atoms with E-state index in [0.29, 0.717) is 23.9 Å². The van der Waals surface area contributed by atoms with Crippen molar-refractivity contribution in [1.82, 2.24) is 0 Å². The molecule has 0 radical (unpaired) electrons. The summed E-state index contributed by atoms with van der Waals surface area (Å²) < 4.78 is 34.0. The standard InChI is InChI=1S/C62H100NO8P/c1-6-8-10-12-14-16-18-20-22-24-25-26-27-28-29-30-31-32-33-34-35-36-37-39-41-43-45-47-49-51-53-55-62(65)71-60(59-70-72(66,67)69-57-56-63(3,4)5)58-68-61(64)54-52-50-48-46-44-42-40-38-23-21-19-17-15-13-11-9-7-2/h8-11,14-17,20-23,25-26,28-29,31-32,34-35,37,39,43,45,60H,6-7,12-13,18-19,24,27,30,33,36,38,40-42,44,46-59H2,1-5H3/b10-8-,11-9-,16-14-,17-15-,22-20-,23-21-,26-25-,29-28-,32-31-,35-34-,39-37-,45-43-. The van der Waals surface area contributed by atoms with Crippen LogP contribution in [0.25, 0.3) is 0 Å². The van der Waals surface area contributed by atoms with Gasteiger partial charge in [-0.05, 0) is 116 Å². The third-order valence-corrected chi connectivity index (χ3v) is 11.8. The van der Waals surface area contributed by atoms with Gasteiger partial charge < -0.3 is 27.9 Å². The molecule has 0 aromatic carbocycles. The normalized spacial score (nSPS) is 14.5. The second-order valence-corrected chi connectivity index (χ2v) is 20.2. The summed E-state index contributed by atoms with van der Waals surface area (Å²) in [7, 11) is 1.11. The number of esters is 2. The monoisotopic (exact) mass is 1020 g/mol. The van der Waals surface area contributed by atoms with Crippen molar-refractivity contribution in [3.8, 4) is 0 Å². The third-order valence-electron chi connectivity index (χ3n) is 10.9. The van der Waals surface area contributed by atoms with E-state index in [2.05, 4.69) is 160 Å². The topological polar surface area (TPSA) is 111 Å². The number of carbonyl (C=O) groups is 2. The molecule has 0 N–H and O–H groups in total. The Hall–Kier alpha value is -4.11. The maximum atomic E-state index is 12.8. The zero-order chi connectivity index (χ0) is 52.7. The molecule has 2 unspecified atom stereocenters. The number of likely N-dealkylation sites (N-methyl/N-ethyl adjacent to an activating group) is 1. The maximum absolute atomic E-state index is 12.8. The molecule has 10 heteroatoms. The summed E-state index contributed by atoms with van der Waals surface area (Å²) in [6, 6.07) is 0. The van der Waals surface area contributed by atoms with Gasteiger partial charge in [-0.15, -0.1) is 0 Å². The molecule has 0 amide bonds. The highest BCUT2D eigenvalue weighted by molar-refractivity contribution is 7.45. The minimum atomic E-state index is -4.66. The molecule has 0 saturated heterocycles. The number of unbranched alkanes of at least 4 members (excludes halogenated alkanes) is 10. The predicted octanol–water partition coefficient (Wildman–Crippen LogP) is 16.5. The van der Waals surface area contributed by atoms with Gasteiger partial charge in [0.2, 0.25) is 0 Å². The lowest BCUT2D eigenvalue weighted by Gasteiger charge is -2.28. The van der Waals surface area contributed by atoms with Crippen LogP contribution in [0.4, 0.5) is 0 Å². The van der Waals surface area contributed by atoms with E-state index in [4.69, 9.17) is 18.5 Å². The highest BCUT2D eigenvalue weighted by Gasteiger charge is 2.21. The lowest BCUT2D eigenvalue weighted by atomic mass is 10.1. The fourth-order valence-corrected chi connectivity index (χ4v) is 7.39. The summed E-state index contributed by atoms with van der Waals surface area (Å²) in [6.07, 6.45) is 76.0. The number of phosphoric acid groups is 1. The largest absolute Gasteiger partial charge is 0.756 e. The van der Waals surface area contributed by atoms with Crippen LogP contribution in [-0.2, 0) is 32.7 Å². The van der Waals surface area contributed by atoms with Crippen molar-refractivity contribution in [3.63, 3.8) is 0 Å². The summed E-state index contributed by atoms with van der Waals surface area (Å²) in [5.74, 6) is -0.898. The first kappa shape index (κ1) is 67.9. The Morgan fingerprint density at radius 2 is 0.750 bits per heavy atom. The maximum Gasteiger partial charge on any atom is 0.306 e. The minimum absolute atomic E-state index is 0.0484. The smallest absolute Gasteiger partial charge is 0.306 e. The number of carbonyl (C=O) groups excluding carboxylic acids is 2. The number of ether oxygens (including phenoxy) is 2. The third kappa shape index (κ3) is 55.2. The Kier molecular flexibility index (Phi) is 48.8. The Morgan fingerprint density at radius 1 is 0.431 bits per heavy atom. The molecule has 0 fully saturated rings. The van der Waals surface area contributed by atoms with Gasteiger partial charge in [0.25, 0.3) is 7.82 Å². The molecular weight excluding hydrogens is 918 g/mol. The van der Waals surface area contributed by atoms with Crippen molar-refractivity contribution in [2.45, 2.75) is 187 Å². The van der Waals surface area contributed by atoms with E-state index < -0.39 is 32.5 Å². The summed E-state index contributed by atoms with van der Waals surface area (Å²) in [5, 5.41) is 0. The van der Waals surface area contributed by atoms with Crippen LogP contribution >= 0.6 is 7.82 Å². The van der Waals surface area contributed by atoms with Gasteiger partial charge in [0.05, 0.1) is 27.7 Å². The van der Waals surface area contributed by atoms with Gasteiger partial charge in [-0.1, -0.05) is 198 Å². The van der Waals surface area contributed by atoms with Crippen LogP contribution in [0.2, 0.25) is 0 Å². The fraction of sp³-hybridized carbons (Fsp3) is 0.581. The quantitative estimate of drug-likeness (QED) is 0.0195. The van der Waals surface area contributed by atoms with E-state index in [0.717, 1.165) is 122 Å². The minimum Gasteiger partial charge on any atom is -0.756 e. The number of rotatable bonds is 48. The van der Waals surface area contributed by atoms with Crippen molar-refractivity contribution in [2.24, 2.45) is 0 Å². The lowest BCUT2D eigenvalue weighted by molar-refractivity contribution is -0.870. The number of quaternary nitrogens is 1. The van der Waals surface area contributed by atoms with Crippen LogP contribution in [0.1, 0.15) is 181 Å². The molecule has 0 aromatic rings. The summed E-state index contributed by atoms with van der Waals surface area (Å²) >= 11 is 0. The van der Waals surface area contributed by atoms with Gasteiger partial charge in [0, 0.05) is 12.8 Å². The summed E-state index contributed by atoms with van der Waals surface area (Å²) in [6.45, 7) is 3.93. The number of allylic oxidation sites excluding steroid dienone is 24. The molecule has 0 spiro atoms. The molecule has 72 heavy (non-hydrogen) atoms. The first-order valence-corrected chi connectivity index (χ1v) is 29.0. The van der Waals surface area contributed by atoms with Crippen LogP contribution < -0.4 is 4.89 Å². The second-order valence-electron chi connectivity index (χ2n) is 18.8. The lowest BCUT2D eigenvalue weighted by Crippen LogP contribution is -2.37. The summed E-state index contributed by atoms with van der Waals surface area (Å²) in [5.41, 5.74) is 0. The zero-order valence-corrected chi connectivity index (χ0v) is 46.7. The molecule has 0 aliphatic heterocycles. The second kappa shape index (κ2) is 51.8. The molecular formula is C62H100NO8P. The van der Waals surface area contributed by atoms with Crippen LogP contribution in [-0.4, -0.2) is 70.0 Å². The van der Waals surface area contributed by atoms with E-state index in [9.17, 15) is 19.0 Å². The molecule has 0 aromatic heterocycles. The van der Waals surface area contributed by atoms with E-state index in [1.165, 1.54) is 19.3 Å². The van der Waals surface area contributed by atoms with E-state index in [-0.39, 0.29) is 26.1 Å². The van der Waals surface area contributed by atoms with Crippen LogP contribution in [0, 0.1) is 0 Å². The van der Waals surface area contributed by atoms with Crippen LogP contribution in [0.3, 0.4) is 0 Å². The van der Waals surface area contributed by atoms with E-state index >= 15 is 0 Å². The highest BCUT2D eigenvalue weighted by atomic mass is 31.2. The Morgan fingerprint density at radius 3 is 1.12 bits per heavy atom. The van der Waals surface area contributed by atoms with Gasteiger partial charge in [0.1, 0.15) is 19.8 Å². The SMILES string of the molecule is CC/C=C\C/C=C\C/C=C\C/C=C\C/C=C\C/C=C\C/C=C\C/C=C\C/C=C\CCCCCC(=O)OC(COC(=O)CCCCCCCCC/C=C\C/C=C\C/C=C\CC)COP(=O)([O-])OCC[N+](C)(C)C. The van der Waals surface area contributed by atoms with Gasteiger partial charge in [-0.25, -0.2) is 0 Å². The van der Waals surface area contributed by atoms with Crippen molar-refractivity contribution < 1.29 is 42.1 Å². The van der Waals surface area contributed by atoms with Crippen LogP contribution in [0.15, 0.2) is 146 Å². The van der Waals surface area contributed by atoms with Crippen molar-refractivity contribution in [2.75, 3.05) is 47.5 Å². The van der Waals surface area contributed by atoms with Gasteiger partial charge in [0.15, 0.2) is 6.10 Å². The van der Waals surface area contributed by atoms with Crippen LogP contribution in [0.5, 0.6) is 0 Å². The molecule has 0 heterocycles. The van der Waals surface area contributed by atoms with Crippen molar-refractivity contribution in [1.29, 1.82) is 0 Å². The van der Waals surface area contributed by atoms with Crippen molar-refractivity contribution >= 4 is 19.8 Å². The average molecular weight is 1020 g/mol. The van der Waals surface area contributed by atoms with Gasteiger partial charge in [-0.2, -0.15) is 0 Å². The molecule has 9 nitrogen and oxygen atoms in total. The predicted molar refractivity (Wildman–Crippen MR) is 304 cm³/mol. The molecule has 2 atom stereocenters. The van der Waals surface area contributed by atoms with Crippen molar-refractivity contribution in [3.05, 3.63) is 146 Å². The average Bonchev–Trinajstić information content (AvgIpc) is 3.34. The Labute approximate surface area is 440 Å². The molecule has 0 aliphatic carbocycles. The highest BCUT2D eigenvalue weighted by Crippen LogP contribution is 2.38. The number of hydrogen-bond donors (Lipinski definition) is 0. The van der Waals surface area contributed by atoms with Gasteiger partial charge in [-0.3, -0.25) is 14.2 Å². The first-order chi connectivity index (χ1) is 35.0. The molecule has 0 bridgehead atoms. The fourth-order valence-electron chi connectivity index (χ4n) is 6.66. The number of nitrogens with zero attached hydrogens (tertiary/aromatic N) is 1. The number of phosphoric ester groups is 1. The van der Waals surface area contributed by atoms with Gasteiger partial charge >= 0.3 is 11.9 Å². The summed E-state index contributed by atoms with van der Waals surface area (Å²) in [4.78, 5) is 37.8. The Balaban J connectivity index is 4.33. The number of hydrogen-bond acceptors (Lipinski definition) is 8. The van der Waals surface area contributed by atoms with E-state index in [1.807, 2.05) is 21.1 Å². The first-order valence-electron chi connectivity index (χ1n) is 27.5. The molecule has 406 valence electrons.